The van der Waals surface area contributed by atoms with E-state index in [9.17, 15) is 4.79 Å². The van der Waals surface area contributed by atoms with Gasteiger partial charge in [-0.2, -0.15) is 0 Å². The number of halogens is 1. The number of nitrogens with two attached hydrogens (primary N) is 1. The second kappa shape index (κ2) is 5.86. The van der Waals surface area contributed by atoms with Crippen LogP contribution in [0, 0.1) is 12.3 Å². The van der Waals surface area contributed by atoms with Crippen molar-refractivity contribution in [2.24, 2.45) is 11.1 Å². The van der Waals surface area contributed by atoms with Crippen molar-refractivity contribution in [3.05, 3.63) is 33.8 Å². The zero-order valence-electron chi connectivity index (χ0n) is 12.4. The van der Waals surface area contributed by atoms with Crippen LogP contribution in [0.4, 0.5) is 0 Å². The van der Waals surface area contributed by atoms with Crippen LogP contribution in [0.25, 0.3) is 0 Å². The number of carbonyl (C=O) groups excluding carboxylic acids is 1. The Morgan fingerprint density at radius 1 is 1.50 bits per heavy atom. The lowest BCUT2D eigenvalue weighted by atomic mass is 9.79. The summed E-state index contributed by atoms with van der Waals surface area (Å²) < 4.78 is 1.02. The summed E-state index contributed by atoms with van der Waals surface area (Å²) in [6.07, 6.45) is 1.35. The van der Waals surface area contributed by atoms with Gasteiger partial charge in [0.1, 0.15) is 0 Å². The van der Waals surface area contributed by atoms with Gasteiger partial charge in [-0.1, -0.05) is 35.8 Å². The molecule has 1 amide bonds. The molecule has 0 aliphatic carbocycles. The van der Waals surface area contributed by atoms with E-state index in [0.717, 1.165) is 35.1 Å². The highest BCUT2D eigenvalue weighted by atomic mass is 79.9. The van der Waals surface area contributed by atoms with Crippen molar-refractivity contribution in [2.75, 3.05) is 13.1 Å². The van der Waals surface area contributed by atoms with Gasteiger partial charge in [0.15, 0.2) is 0 Å². The third-order valence-corrected chi connectivity index (χ3v) is 4.81. The summed E-state index contributed by atoms with van der Waals surface area (Å²) >= 11 is 3.47. The maximum absolute atomic E-state index is 12.5. The summed E-state index contributed by atoms with van der Waals surface area (Å²) in [5.41, 5.74) is 8.38. The van der Waals surface area contributed by atoms with Crippen LogP contribution in [-0.4, -0.2) is 29.9 Å². The third kappa shape index (κ3) is 3.41. The summed E-state index contributed by atoms with van der Waals surface area (Å²) in [5.74, 6) is 0.200. The van der Waals surface area contributed by atoms with Crippen molar-refractivity contribution in [3.63, 3.8) is 0 Å². The SMILES string of the molecule is Cc1ccc(Br)cc1CC(=O)N1CCC(N)C(C)(C)C1. The number of hydrogen-bond acceptors (Lipinski definition) is 2. The predicted molar refractivity (Wildman–Crippen MR) is 85.5 cm³/mol. The fraction of sp³-hybridized carbons (Fsp3) is 0.562. The van der Waals surface area contributed by atoms with Crippen molar-refractivity contribution in [3.8, 4) is 0 Å². The minimum atomic E-state index is 0.000224. The highest BCUT2D eigenvalue weighted by molar-refractivity contribution is 9.10. The number of carbonyl (C=O) groups is 1. The molecular weight excluding hydrogens is 316 g/mol. The van der Waals surface area contributed by atoms with E-state index in [0.29, 0.717) is 6.42 Å². The first-order valence-electron chi connectivity index (χ1n) is 7.08. The van der Waals surface area contributed by atoms with E-state index in [1.807, 2.05) is 30.0 Å². The number of hydrogen-bond donors (Lipinski definition) is 1. The van der Waals surface area contributed by atoms with Crippen LogP contribution in [0.3, 0.4) is 0 Å². The zero-order valence-corrected chi connectivity index (χ0v) is 14.0. The number of rotatable bonds is 2. The van der Waals surface area contributed by atoms with E-state index in [2.05, 4.69) is 29.8 Å². The summed E-state index contributed by atoms with van der Waals surface area (Å²) in [6.45, 7) is 7.85. The summed E-state index contributed by atoms with van der Waals surface area (Å²) in [7, 11) is 0. The largest absolute Gasteiger partial charge is 0.342 e. The molecule has 0 radical (unpaired) electrons. The van der Waals surface area contributed by atoms with Crippen LogP contribution >= 0.6 is 15.9 Å². The van der Waals surface area contributed by atoms with Gasteiger partial charge in [-0.15, -0.1) is 0 Å². The van der Waals surface area contributed by atoms with E-state index in [1.165, 1.54) is 0 Å². The number of likely N-dealkylation sites (tertiary alicyclic amines) is 1. The van der Waals surface area contributed by atoms with E-state index in [1.54, 1.807) is 0 Å². The predicted octanol–water partition coefficient (Wildman–Crippen LogP) is 2.89. The first-order valence-corrected chi connectivity index (χ1v) is 7.87. The summed E-state index contributed by atoms with van der Waals surface area (Å²) in [5, 5.41) is 0. The number of aryl methyl sites for hydroxylation is 1. The Morgan fingerprint density at radius 2 is 2.20 bits per heavy atom. The molecule has 1 atom stereocenters. The number of piperidine rings is 1. The second-order valence-corrected chi connectivity index (χ2v) is 7.36. The Bertz CT molecular complexity index is 513. The van der Waals surface area contributed by atoms with Gasteiger partial charge in [0.2, 0.25) is 5.91 Å². The van der Waals surface area contributed by atoms with Crippen molar-refractivity contribution < 1.29 is 4.79 Å². The fourth-order valence-electron chi connectivity index (χ4n) is 2.69. The van der Waals surface area contributed by atoms with Crippen molar-refractivity contribution in [1.82, 2.24) is 4.90 Å². The zero-order chi connectivity index (χ0) is 14.9. The molecule has 3 nitrogen and oxygen atoms in total. The van der Waals surface area contributed by atoms with Gasteiger partial charge in [0.05, 0.1) is 6.42 Å². The number of nitrogens with zero attached hydrogens (tertiary/aromatic N) is 1. The van der Waals surface area contributed by atoms with Crippen LogP contribution in [-0.2, 0) is 11.2 Å². The smallest absolute Gasteiger partial charge is 0.227 e. The molecule has 1 unspecified atom stereocenters. The van der Waals surface area contributed by atoms with Gasteiger partial charge >= 0.3 is 0 Å². The molecule has 1 saturated heterocycles. The van der Waals surface area contributed by atoms with E-state index in [-0.39, 0.29) is 17.4 Å². The molecule has 4 heteroatoms. The molecule has 1 aromatic rings. The normalized spacial score (nSPS) is 21.9. The van der Waals surface area contributed by atoms with Crippen LogP contribution < -0.4 is 5.73 Å². The molecule has 0 spiro atoms. The van der Waals surface area contributed by atoms with Crippen molar-refractivity contribution in [2.45, 2.75) is 39.7 Å². The molecule has 1 fully saturated rings. The van der Waals surface area contributed by atoms with Gasteiger partial charge in [-0.25, -0.2) is 0 Å². The quantitative estimate of drug-likeness (QED) is 0.901. The lowest BCUT2D eigenvalue weighted by Crippen LogP contribution is -2.54. The minimum absolute atomic E-state index is 0.000224. The molecule has 1 aliphatic rings. The summed E-state index contributed by atoms with van der Waals surface area (Å²) in [4.78, 5) is 14.5. The molecule has 2 N–H and O–H groups in total. The average molecular weight is 339 g/mol. The van der Waals surface area contributed by atoms with E-state index < -0.39 is 0 Å². The highest BCUT2D eigenvalue weighted by Gasteiger charge is 2.35. The molecule has 0 bridgehead atoms. The standard InChI is InChI=1S/C16H23BrN2O/c1-11-4-5-13(17)8-12(11)9-15(20)19-7-6-14(18)16(2,3)10-19/h4-5,8,14H,6-7,9-10,18H2,1-3H3. The van der Waals surface area contributed by atoms with E-state index in [4.69, 9.17) is 5.73 Å². The molecule has 20 heavy (non-hydrogen) atoms. The maximum atomic E-state index is 12.5. The molecule has 1 aromatic carbocycles. The lowest BCUT2D eigenvalue weighted by molar-refractivity contribution is -0.133. The number of amides is 1. The Hall–Kier alpha value is -0.870. The molecule has 0 saturated carbocycles. The van der Waals surface area contributed by atoms with Gasteiger partial charge < -0.3 is 10.6 Å². The Labute approximate surface area is 129 Å². The average Bonchev–Trinajstić information content (AvgIpc) is 2.37. The van der Waals surface area contributed by atoms with Crippen LogP contribution in [0.15, 0.2) is 22.7 Å². The van der Waals surface area contributed by atoms with Crippen LogP contribution in [0.5, 0.6) is 0 Å². The van der Waals surface area contributed by atoms with Gasteiger partial charge in [-0.05, 0) is 42.0 Å². The first kappa shape index (κ1) is 15.5. The van der Waals surface area contributed by atoms with Crippen molar-refractivity contribution >= 4 is 21.8 Å². The molecule has 1 aliphatic heterocycles. The Balaban J connectivity index is 2.07. The number of benzene rings is 1. The molecule has 1 heterocycles. The molecule has 2 rings (SSSR count). The van der Waals surface area contributed by atoms with Gasteiger partial charge in [0, 0.05) is 23.6 Å². The molecular formula is C16H23BrN2O. The fourth-order valence-corrected chi connectivity index (χ4v) is 3.10. The van der Waals surface area contributed by atoms with E-state index >= 15 is 0 Å². The second-order valence-electron chi connectivity index (χ2n) is 6.45. The minimum Gasteiger partial charge on any atom is -0.342 e. The summed E-state index contributed by atoms with van der Waals surface area (Å²) in [6, 6.07) is 6.27. The van der Waals surface area contributed by atoms with Crippen LogP contribution in [0.1, 0.15) is 31.4 Å². The Morgan fingerprint density at radius 3 is 2.85 bits per heavy atom. The molecule has 110 valence electrons. The van der Waals surface area contributed by atoms with Gasteiger partial charge in [-0.3, -0.25) is 4.79 Å². The molecule has 0 aromatic heterocycles. The van der Waals surface area contributed by atoms with Crippen molar-refractivity contribution in [1.29, 1.82) is 0 Å². The maximum Gasteiger partial charge on any atom is 0.227 e. The monoisotopic (exact) mass is 338 g/mol. The topological polar surface area (TPSA) is 46.3 Å². The first-order chi connectivity index (χ1) is 9.29. The lowest BCUT2D eigenvalue weighted by Gasteiger charge is -2.42. The Kier molecular flexibility index (Phi) is 4.55. The third-order valence-electron chi connectivity index (χ3n) is 4.32. The van der Waals surface area contributed by atoms with Crippen LogP contribution in [0.2, 0.25) is 0 Å². The highest BCUT2D eigenvalue weighted by Crippen LogP contribution is 2.28. The van der Waals surface area contributed by atoms with Gasteiger partial charge in [0.25, 0.3) is 0 Å².